The van der Waals surface area contributed by atoms with E-state index in [9.17, 15) is 14.7 Å². The summed E-state index contributed by atoms with van der Waals surface area (Å²) in [5.74, 6) is -1.52. The molecule has 0 spiro atoms. The molecule has 0 fully saturated rings. The van der Waals surface area contributed by atoms with Crippen molar-refractivity contribution in [3.63, 3.8) is 0 Å². The molecule has 1 heterocycles. The monoisotopic (exact) mass is 359 g/mol. The zero-order valence-electron chi connectivity index (χ0n) is 15.0. The van der Waals surface area contributed by atoms with Crippen molar-refractivity contribution in [3.8, 4) is 0 Å². The molecule has 0 aromatic heterocycles. The third kappa shape index (κ3) is 3.43. The Morgan fingerprint density at radius 2 is 1.70 bits per heavy atom. The molecular formula is C23H21NO3. The second-order valence-electron chi connectivity index (χ2n) is 6.99. The molecule has 1 aliphatic rings. The highest BCUT2D eigenvalue weighted by molar-refractivity contribution is 5.99. The van der Waals surface area contributed by atoms with Gasteiger partial charge in [-0.15, -0.1) is 0 Å². The maximum Gasteiger partial charge on any atom is 0.312 e. The van der Waals surface area contributed by atoms with Crippen LogP contribution >= 0.6 is 0 Å². The van der Waals surface area contributed by atoms with Crippen LogP contribution in [0.3, 0.4) is 0 Å². The Kier molecular flexibility index (Phi) is 4.63. The van der Waals surface area contributed by atoms with Gasteiger partial charge in [0.15, 0.2) is 0 Å². The van der Waals surface area contributed by atoms with Crippen LogP contribution in [0.4, 0.5) is 5.69 Å². The van der Waals surface area contributed by atoms with E-state index >= 15 is 0 Å². The van der Waals surface area contributed by atoms with Crippen LogP contribution in [-0.4, -0.2) is 23.5 Å². The van der Waals surface area contributed by atoms with Gasteiger partial charge in [0.1, 0.15) is 5.92 Å². The summed E-state index contributed by atoms with van der Waals surface area (Å²) < 4.78 is 0. The first kappa shape index (κ1) is 17.3. The first-order valence-corrected chi connectivity index (χ1v) is 9.23. The van der Waals surface area contributed by atoms with Gasteiger partial charge in [0.25, 0.3) is 0 Å². The molecule has 1 amide bonds. The number of rotatable bonds is 5. The minimum absolute atomic E-state index is 0.00742. The minimum atomic E-state index is -0.881. The van der Waals surface area contributed by atoms with Crippen LogP contribution < -0.4 is 4.90 Å². The maximum atomic E-state index is 12.7. The number of aliphatic carboxylic acids is 1. The Bertz CT molecular complexity index is 1010. The van der Waals surface area contributed by atoms with Gasteiger partial charge in [0, 0.05) is 18.7 Å². The number of anilines is 1. The van der Waals surface area contributed by atoms with E-state index in [4.69, 9.17) is 0 Å². The van der Waals surface area contributed by atoms with Gasteiger partial charge < -0.3 is 10.0 Å². The summed E-state index contributed by atoms with van der Waals surface area (Å²) >= 11 is 0. The van der Waals surface area contributed by atoms with Gasteiger partial charge in [-0.3, -0.25) is 9.59 Å². The molecule has 1 aliphatic heterocycles. The van der Waals surface area contributed by atoms with Crippen molar-refractivity contribution in [2.75, 3.05) is 11.4 Å². The summed E-state index contributed by atoms with van der Waals surface area (Å²) in [6, 6.07) is 21.9. The largest absolute Gasteiger partial charge is 0.481 e. The SMILES string of the molecule is O=C(O)C1CN(C(=O)CCCc2ccc3ccccc3c2)c2ccccc21. The van der Waals surface area contributed by atoms with Crippen molar-refractivity contribution >= 4 is 28.3 Å². The fourth-order valence-electron chi connectivity index (χ4n) is 3.83. The number of carbonyl (C=O) groups is 2. The summed E-state index contributed by atoms with van der Waals surface area (Å²) in [6.45, 7) is 0.226. The molecule has 4 heteroatoms. The molecule has 4 rings (SSSR count). The highest BCUT2D eigenvalue weighted by Crippen LogP contribution is 2.36. The quantitative estimate of drug-likeness (QED) is 0.735. The van der Waals surface area contributed by atoms with Crippen LogP contribution in [0.2, 0.25) is 0 Å². The highest BCUT2D eigenvalue weighted by Gasteiger charge is 2.35. The standard InChI is InChI=1S/C23H21NO3/c25-22(24-15-20(23(26)27)19-9-3-4-10-21(19)24)11-5-6-16-12-13-17-7-1-2-8-18(17)14-16/h1-4,7-10,12-14,20H,5-6,11,15H2,(H,26,27). The fourth-order valence-corrected chi connectivity index (χ4v) is 3.83. The number of para-hydroxylation sites is 1. The van der Waals surface area contributed by atoms with Crippen molar-refractivity contribution in [2.24, 2.45) is 0 Å². The number of hydrogen-bond acceptors (Lipinski definition) is 2. The number of aryl methyl sites for hydroxylation is 1. The number of amides is 1. The minimum Gasteiger partial charge on any atom is -0.481 e. The van der Waals surface area contributed by atoms with Crippen molar-refractivity contribution in [1.82, 2.24) is 0 Å². The predicted molar refractivity (Wildman–Crippen MR) is 106 cm³/mol. The Morgan fingerprint density at radius 1 is 0.963 bits per heavy atom. The molecule has 3 aromatic carbocycles. The van der Waals surface area contributed by atoms with Crippen molar-refractivity contribution in [3.05, 3.63) is 77.9 Å². The molecule has 1 N–H and O–H groups in total. The van der Waals surface area contributed by atoms with E-state index in [0.29, 0.717) is 6.42 Å². The summed E-state index contributed by atoms with van der Waals surface area (Å²) in [6.07, 6.45) is 1.98. The third-order valence-electron chi connectivity index (χ3n) is 5.24. The number of hydrogen-bond donors (Lipinski definition) is 1. The molecular weight excluding hydrogens is 338 g/mol. The number of carbonyl (C=O) groups excluding carboxylic acids is 1. The lowest BCUT2D eigenvalue weighted by molar-refractivity contribution is -0.138. The van der Waals surface area contributed by atoms with E-state index in [1.54, 1.807) is 11.0 Å². The average Bonchev–Trinajstić information content (AvgIpc) is 3.08. The van der Waals surface area contributed by atoms with Crippen molar-refractivity contribution < 1.29 is 14.7 Å². The number of benzene rings is 3. The van der Waals surface area contributed by atoms with E-state index in [0.717, 1.165) is 24.1 Å². The molecule has 1 atom stereocenters. The molecule has 136 valence electrons. The zero-order chi connectivity index (χ0) is 18.8. The van der Waals surface area contributed by atoms with Crippen LogP contribution in [0, 0.1) is 0 Å². The summed E-state index contributed by atoms with van der Waals surface area (Å²) in [4.78, 5) is 25.8. The molecule has 1 unspecified atom stereocenters. The summed E-state index contributed by atoms with van der Waals surface area (Å²) in [7, 11) is 0. The summed E-state index contributed by atoms with van der Waals surface area (Å²) in [5.41, 5.74) is 2.68. The second-order valence-corrected chi connectivity index (χ2v) is 6.99. The van der Waals surface area contributed by atoms with Gasteiger partial charge in [0.05, 0.1) is 0 Å². The molecule has 0 saturated carbocycles. The molecule has 3 aromatic rings. The Morgan fingerprint density at radius 3 is 2.52 bits per heavy atom. The van der Waals surface area contributed by atoms with Gasteiger partial charge >= 0.3 is 5.97 Å². The van der Waals surface area contributed by atoms with Crippen LogP contribution in [0.25, 0.3) is 10.8 Å². The van der Waals surface area contributed by atoms with E-state index in [1.165, 1.54) is 16.3 Å². The zero-order valence-corrected chi connectivity index (χ0v) is 15.0. The van der Waals surface area contributed by atoms with Crippen LogP contribution in [-0.2, 0) is 16.0 Å². The smallest absolute Gasteiger partial charge is 0.312 e. The Hall–Kier alpha value is -3.14. The van der Waals surface area contributed by atoms with Crippen molar-refractivity contribution in [1.29, 1.82) is 0 Å². The lowest BCUT2D eigenvalue weighted by Gasteiger charge is -2.17. The molecule has 0 radical (unpaired) electrons. The number of carboxylic acids is 1. The predicted octanol–water partition coefficient (Wildman–Crippen LogP) is 4.38. The van der Waals surface area contributed by atoms with E-state index < -0.39 is 11.9 Å². The van der Waals surface area contributed by atoms with Gasteiger partial charge in [-0.1, -0.05) is 60.7 Å². The first-order valence-electron chi connectivity index (χ1n) is 9.23. The van der Waals surface area contributed by atoms with Crippen LogP contribution in [0.15, 0.2) is 66.7 Å². The molecule has 0 bridgehead atoms. The third-order valence-corrected chi connectivity index (χ3v) is 5.24. The normalized spacial score (nSPS) is 15.7. The van der Waals surface area contributed by atoms with Crippen molar-refractivity contribution in [2.45, 2.75) is 25.2 Å². The molecule has 4 nitrogen and oxygen atoms in total. The lowest BCUT2D eigenvalue weighted by Crippen LogP contribution is -2.31. The van der Waals surface area contributed by atoms with Crippen LogP contribution in [0.5, 0.6) is 0 Å². The van der Waals surface area contributed by atoms with E-state index in [-0.39, 0.29) is 12.5 Å². The number of fused-ring (bicyclic) bond motifs is 2. The molecule has 27 heavy (non-hydrogen) atoms. The molecule has 0 aliphatic carbocycles. The second kappa shape index (κ2) is 7.23. The van der Waals surface area contributed by atoms with E-state index in [2.05, 4.69) is 30.3 Å². The average molecular weight is 359 g/mol. The van der Waals surface area contributed by atoms with Gasteiger partial charge in [-0.25, -0.2) is 0 Å². The number of carboxylic acid groups (broad SMARTS) is 1. The first-order chi connectivity index (χ1) is 13.1. The van der Waals surface area contributed by atoms with Gasteiger partial charge in [-0.05, 0) is 40.8 Å². The Labute approximate surface area is 158 Å². The lowest BCUT2D eigenvalue weighted by atomic mass is 10.0. The van der Waals surface area contributed by atoms with E-state index in [1.807, 2.05) is 30.3 Å². The maximum absolute atomic E-state index is 12.7. The van der Waals surface area contributed by atoms with Crippen LogP contribution in [0.1, 0.15) is 29.9 Å². The molecule has 0 saturated heterocycles. The topological polar surface area (TPSA) is 57.6 Å². The highest BCUT2D eigenvalue weighted by atomic mass is 16.4. The number of nitrogens with zero attached hydrogens (tertiary/aromatic N) is 1. The fraction of sp³-hybridized carbons (Fsp3) is 0.217. The van der Waals surface area contributed by atoms with Gasteiger partial charge in [-0.2, -0.15) is 0 Å². The van der Waals surface area contributed by atoms with Gasteiger partial charge in [0.2, 0.25) is 5.91 Å². The Balaban J connectivity index is 1.41. The summed E-state index contributed by atoms with van der Waals surface area (Å²) in [5, 5.41) is 11.9.